The van der Waals surface area contributed by atoms with E-state index in [2.05, 4.69) is 10.6 Å². The predicted molar refractivity (Wildman–Crippen MR) is 121 cm³/mol. The van der Waals surface area contributed by atoms with E-state index in [1.54, 1.807) is 34.1 Å². The second-order valence-corrected chi connectivity index (χ2v) is 8.25. The largest absolute Gasteiger partial charge is 0.352 e. The number of nitrogens with one attached hydrogen (secondary N) is 2. The van der Waals surface area contributed by atoms with Gasteiger partial charge in [-0.3, -0.25) is 9.59 Å². The van der Waals surface area contributed by atoms with Gasteiger partial charge in [-0.1, -0.05) is 13.8 Å². The Hall–Kier alpha value is -3.42. The van der Waals surface area contributed by atoms with Crippen LogP contribution in [0.1, 0.15) is 41.0 Å². The molecule has 2 aromatic carbocycles. The van der Waals surface area contributed by atoms with Gasteiger partial charge in [0.1, 0.15) is 5.82 Å². The molecule has 0 unspecified atom stereocenters. The molecule has 170 valence electrons. The molecule has 1 aliphatic rings. The molecule has 4 amide bonds. The Balaban J connectivity index is 1.53. The van der Waals surface area contributed by atoms with E-state index < -0.39 is 0 Å². The molecule has 3 rings (SSSR count). The molecule has 0 bridgehead atoms. The number of amides is 4. The summed E-state index contributed by atoms with van der Waals surface area (Å²) in [5.41, 5.74) is 1.56. The second-order valence-electron chi connectivity index (χ2n) is 8.25. The van der Waals surface area contributed by atoms with Crippen molar-refractivity contribution in [2.75, 3.05) is 38.0 Å². The molecule has 2 N–H and O–H groups in total. The Bertz CT molecular complexity index is 945. The molecule has 0 aliphatic carbocycles. The van der Waals surface area contributed by atoms with Gasteiger partial charge >= 0.3 is 6.03 Å². The fourth-order valence-electron chi connectivity index (χ4n) is 3.41. The monoisotopic (exact) mass is 440 g/mol. The first-order chi connectivity index (χ1) is 15.3. The van der Waals surface area contributed by atoms with Crippen LogP contribution in [0.15, 0.2) is 48.5 Å². The van der Waals surface area contributed by atoms with Gasteiger partial charge in [0.15, 0.2) is 0 Å². The third kappa shape index (κ3) is 6.29. The van der Waals surface area contributed by atoms with Crippen LogP contribution in [0.2, 0.25) is 0 Å². The van der Waals surface area contributed by atoms with Crippen LogP contribution >= 0.6 is 0 Å². The number of carbonyl (C=O) groups excluding carboxylic acids is 3. The lowest BCUT2D eigenvalue weighted by Gasteiger charge is -2.22. The average Bonchev–Trinajstić information content (AvgIpc) is 3.04. The maximum Gasteiger partial charge on any atom is 0.321 e. The Kier molecular flexibility index (Phi) is 7.81. The third-order valence-corrected chi connectivity index (χ3v) is 5.23. The number of hydrogen-bond donors (Lipinski definition) is 2. The van der Waals surface area contributed by atoms with Crippen molar-refractivity contribution in [2.24, 2.45) is 5.92 Å². The minimum Gasteiger partial charge on any atom is -0.352 e. The van der Waals surface area contributed by atoms with Crippen LogP contribution in [0.4, 0.5) is 14.9 Å². The van der Waals surface area contributed by atoms with Gasteiger partial charge in [0.05, 0.1) is 0 Å². The molecule has 0 aromatic heterocycles. The molecular formula is C24H29FN4O3. The minimum atomic E-state index is -0.385. The summed E-state index contributed by atoms with van der Waals surface area (Å²) in [5, 5.41) is 5.71. The van der Waals surface area contributed by atoms with Gasteiger partial charge in [0, 0.05) is 49.5 Å². The summed E-state index contributed by atoms with van der Waals surface area (Å²) >= 11 is 0. The molecule has 1 saturated heterocycles. The highest BCUT2D eigenvalue weighted by Gasteiger charge is 2.23. The number of hydrogen-bond acceptors (Lipinski definition) is 3. The molecular weight excluding hydrogens is 411 g/mol. The van der Waals surface area contributed by atoms with Crippen molar-refractivity contribution in [1.82, 2.24) is 15.1 Å². The number of anilines is 1. The maximum atomic E-state index is 13.1. The van der Waals surface area contributed by atoms with Crippen molar-refractivity contribution in [3.8, 4) is 0 Å². The molecule has 0 saturated carbocycles. The van der Waals surface area contributed by atoms with Crippen molar-refractivity contribution >= 4 is 23.5 Å². The van der Waals surface area contributed by atoms with E-state index in [-0.39, 0.29) is 23.7 Å². The molecule has 1 aliphatic heterocycles. The summed E-state index contributed by atoms with van der Waals surface area (Å²) in [6.45, 7) is 6.51. The molecule has 0 spiro atoms. The van der Waals surface area contributed by atoms with Gasteiger partial charge < -0.3 is 20.4 Å². The third-order valence-electron chi connectivity index (χ3n) is 5.23. The SMILES string of the molecule is CC(C)CNC(=O)c1ccc(NC(=O)N2CCCN(C(=O)c3ccc(F)cc3)CC2)cc1. The maximum absolute atomic E-state index is 13.1. The first-order valence-electron chi connectivity index (χ1n) is 10.8. The van der Waals surface area contributed by atoms with Crippen molar-refractivity contribution in [2.45, 2.75) is 20.3 Å². The number of rotatable bonds is 5. The summed E-state index contributed by atoms with van der Waals surface area (Å²) in [6, 6.07) is 12.0. The lowest BCUT2D eigenvalue weighted by molar-refractivity contribution is 0.0762. The van der Waals surface area contributed by atoms with E-state index in [0.717, 1.165) is 0 Å². The first-order valence-corrected chi connectivity index (χ1v) is 10.8. The highest BCUT2D eigenvalue weighted by Crippen LogP contribution is 2.14. The Morgan fingerprint density at radius 2 is 1.47 bits per heavy atom. The van der Waals surface area contributed by atoms with Gasteiger partial charge in [-0.05, 0) is 60.9 Å². The van der Waals surface area contributed by atoms with Crippen LogP contribution in [0, 0.1) is 11.7 Å². The quantitative estimate of drug-likeness (QED) is 0.746. The van der Waals surface area contributed by atoms with Crippen molar-refractivity contribution < 1.29 is 18.8 Å². The van der Waals surface area contributed by atoms with E-state index >= 15 is 0 Å². The van der Waals surface area contributed by atoms with Crippen molar-refractivity contribution in [1.29, 1.82) is 0 Å². The fraction of sp³-hybridized carbons (Fsp3) is 0.375. The highest BCUT2D eigenvalue weighted by atomic mass is 19.1. The second kappa shape index (κ2) is 10.7. The molecule has 2 aromatic rings. The zero-order chi connectivity index (χ0) is 23.1. The standard InChI is InChI=1S/C24H29FN4O3/c1-17(2)16-26-22(30)18-6-10-21(11-7-18)27-24(32)29-13-3-12-28(14-15-29)23(31)19-4-8-20(25)9-5-19/h4-11,17H,3,12-16H2,1-2H3,(H,26,30)(H,27,32). The normalized spacial score (nSPS) is 14.1. The first kappa shape index (κ1) is 23.2. The smallest absolute Gasteiger partial charge is 0.321 e. The lowest BCUT2D eigenvalue weighted by Crippen LogP contribution is -2.39. The van der Waals surface area contributed by atoms with Crippen LogP contribution < -0.4 is 10.6 Å². The number of urea groups is 1. The van der Waals surface area contributed by atoms with E-state index in [1.165, 1.54) is 24.3 Å². The van der Waals surface area contributed by atoms with E-state index in [1.807, 2.05) is 13.8 Å². The molecule has 8 heteroatoms. The Morgan fingerprint density at radius 1 is 0.875 bits per heavy atom. The van der Waals surface area contributed by atoms with Crippen LogP contribution in [0.5, 0.6) is 0 Å². The lowest BCUT2D eigenvalue weighted by atomic mass is 10.1. The van der Waals surface area contributed by atoms with Crippen LogP contribution in [0.3, 0.4) is 0 Å². The summed E-state index contributed by atoms with van der Waals surface area (Å²) in [5.74, 6) is -0.328. The summed E-state index contributed by atoms with van der Waals surface area (Å²) in [7, 11) is 0. The van der Waals surface area contributed by atoms with Crippen LogP contribution in [0.25, 0.3) is 0 Å². The predicted octanol–water partition coefficient (Wildman–Crippen LogP) is 3.59. The van der Waals surface area contributed by atoms with E-state index in [4.69, 9.17) is 0 Å². The highest BCUT2D eigenvalue weighted by molar-refractivity contribution is 5.96. The zero-order valence-corrected chi connectivity index (χ0v) is 18.4. The summed E-state index contributed by atoms with van der Waals surface area (Å²) in [4.78, 5) is 40.8. The Morgan fingerprint density at radius 3 is 2.12 bits per heavy atom. The topological polar surface area (TPSA) is 81.8 Å². The number of nitrogens with zero attached hydrogens (tertiary/aromatic N) is 2. The van der Waals surface area contributed by atoms with Gasteiger partial charge in [-0.2, -0.15) is 0 Å². The molecule has 1 heterocycles. The van der Waals surface area contributed by atoms with Crippen LogP contribution in [-0.2, 0) is 0 Å². The zero-order valence-electron chi connectivity index (χ0n) is 18.4. The molecule has 0 radical (unpaired) electrons. The number of carbonyl (C=O) groups is 3. The van der Waals surface area contributed by atoms with Gasteiger partial charge in [-0.15, -0.1) is 0 Å². The van der Waals surface area contributed by atoms with E-state index in [9.17, 15) is 18.8 Å². The number of halogens is 1. The average molecular weight is 441 g/mol. The Labute approximate surface area is 187 Å². The molecule has 7 nitrogen and oxygen atoms in total. The number of benzene rings is 2. The summed E-state index contributed by atoms with van der Waals surface area (Å²) in [6.07, 6.45) is 0.648. The fourth-order valence-corrected chi connectivity index (χ4v) is 3.41. The molecule has 0 atom stereocenters. The van der Waals surface area contributed by atoms with Gasteiger partial charge in [0.2, 0.25) is 0 Å². The van der Waals surface area contributed by atoms with Gasteiger partial charge in [0.25, 0.3) is 11.8 Å². The van der Waals surface area contributed by atoms with E-state index in [0.29, 0.717) is 61.9 Å². The minimum absolute atomic E-state index is 0.144. The van der Waals surface area contributed by atoms with Crippen molar-refractivity contribution in [3.05, 3.63) is 65.5 Å². The molecule has 32 heavy (non-hydrogen) atoms. The van der Waals surface area contributed by atoms with Gasteiger partial charge in [-0.25, -0.2) is 9.18 Å². The molecule has 1 fully saturated rings. The summed E-state index contributed by atoms with van der Waals surface area (Å²) < 4.78 is 13.1. The van der Waals surface area contributed by atoms with Crippen molar-refractivity contribution in [3.63, 3.8) is 0 Å². The van der Waals surface area contributed by atoms with Crippen LogP contribution in [-0.4, -0.2) is 60.4 Å².